The molecule has 1 heterocycles. The lowest BCUT2D eigenvalue weighted by molar-refractivity contribution is -0.120. The van der Waals surface area contributed by atoms with Crippen LogP contribution in [0.2, 0.25) is 0 Å². The largest absolute Gasteiger partial charge is 0.489 e. The van der Waals surface area contributed by atoms with E-state index in [9.17, 15) is 19.2 Å². The number of nitrogens with one attached hydrogen (secondary N) is 2. The molecule has 0 saturated carbocycles. The Labute approximate surface area is 224 Å². The average Bonchev–Trinajstić information content (AvgIpc) is 3.12. The van der Waals surface area contributed by atoms with Gasteiger partial charge in [-0.15, -0.1) is 0 Å². The zero-order valence-electron chi connectivity index (χ0n) is 20.8. The van der Waals surface area contributed by atoms with Gasteiger partial charge in [0.15, 0.2) is 0 Å². The second kappa shape index (κ2) is 11.2. The van der Waals surface area contributed by atoms with Gasteiger partial charge in [0.25, 0.3) is 17.7 Å². The quantitative estimate of drug-likeness (QED) is 0.311. The van der Waals surface area contributed by atoms with Gasteiger partial charge in [-0.2, -0.15) is 0 Å². The molecule has 0 bridgehead atoms. The standard InChI is InChI=1S/C28H24ClN3O6/c1-16(2)38-22-10-5-4-9-21(22)31-25(33)18-7-6-8-19(15-18)30-24-23(29)26(34)32(27(24)35)20-13-11-17(12-14-20)28(36)37-3/h4-16,30H,1-3H3,(H,31,33). The lowest BCUT2D eigenvalue weighted by Crippen LogP contribution is -2.32. The molecule has 10 heteroatoms. The maximum Gasteiger partial charge on any atom is 0.337 e. The molecular weight excluding hydrogens is 510 g/mol. The number of ether oxygens (including phenoxy) is 2. The number of rotatable bonds is 8. The van der Waals surface area contributed by atoms with Gasteiger partial charge in [-0.05, 0) is 68.4 Å². The second-order valence-corrected chi connectivity index (χ2v) is 8.87. The number of halogens is 1. The zero-order valence-corrected chi connectivity index (χ0v) is 21.5. The van der Waals surface area contributed by atoms with Gasteiger partial charge in [-0.1, -0.05) is 29.8 Å². The number of esters is 1. The van der Waals surface area contributed by atoms with Crippen LogP contribution in [-0.4, -0.2) is 36.9 Å². The van der Waals surface area contributed by atoms with Gasteiger partial charge in [-0.25, -0.2) is 9.69 Å². The lowest BCUT2D eigenvalue weighted by atomic mass is 10.1. The summed E-state index contributed by atoms with van der Waals surface area (Å²) in [4.78, 5) is 51.4. The Morgan fingerprint density at radius 3 is 2.29 bits per heavy atom. The van der Waals surface area contributed by atoms with Gasteiger partial charge in [0.2, 0.25) is 0 Å². The lowest BCUT2D eigenvalue weighted by Gasteiger charge is -2.16. The van der Waals surface area contributed by atoms with E-state index in [1.807, 2.05) is 19.9 Å². The van der Waals surface area contributed by atoms with Crippen molar-refractivity contribution >= 4 is 52.4 Å². The molecule has 3 amide bonds. The zero-order chi connectivity index (χ0) is 27.4. The van der Waals surface area contributed by atoms with Crippen molar-refractivity contribution in [2.24, 2.45) is 0 Å². The minimum atomic E-state index is -0.722. The Balaban J connectivity index is 1.51. The summed E-state index contributed by atoms with van der Waals surface area (Å²) in [6, 6.07) is 19.3. The summed E-state index contributed by atoms with van der Waals surface area (Å²) in [6.07, 6.45) is -0.0735. The van der Waals surface area contributed by atoms with Crippen molar-refractivity contribution in [2.75, 3.05) is 22.6 Å². The molecule has 1 aliphatic rings. The SMILES string of the molecule is COC(=O)c1ccc(N2C(=O)C(Cl)=C(Nc3cccc(C(=O)Nc4ccccc4OC(C)C)c3)C2=O)cc1. The van der Waals surface area contributed by atoms with Crippen molar-refractivity contribution < 1.29 is 28.7 Å². The Morgan fingerprint density at radius 2 is 1.61 bits per heavy atom. The first kappa shape index (κ1) is 26.4. The molecule has 0 atom stereocenters. The van der Waals surface area contributed by atoms with Crippen LogP contribution in [0.1, 0.15) is 34.6 Å². The predicted octanol–water partition coefficient (Wildman–Crippen LogP) is 4.95. The second-order valence-electron chi connectivity index (χ2n) is 8.50. The van der Waals surface area contributed by atoms with E-state index in [4.69, 9.17) is 16.3 Å². The van der Waals surface area contributed by atoms with Gasteiger partial charge in [0.1, 0.15) is 16.5 Å². The molecule has 3 aromatic carbocycles. The molecule has 2 N–H and O–H groups in total. The Kier molecular flexibility index (Phi) is 7.78. The van der Waals surface area contributed by atoms with Gasteiger partial charge < -0.3 is 20.1 Å². The van der Waals surface area contributed by atoms with Crippen molar-refractivity contribution in [3.05, 3.63) is 94.7 Å². The number of carbonyl (C=O) groups excluding carboxylic acids is 4. The van der Waals surface area contributed by atoms with Crippen molar-refractivity contribution in [1.29, 1.82) is 0 Å². The minimum Gasteiger partial charge on any atom is -0.489 e. The van der Waals surface area contributed by atoms with Crippen LogP contribution in [0.3, 0.4) is 0 Å². The number of para-hydroxylation sites is 2. The van der Waals surface area contributed by atoms with E-state index in [0.29, 0.717) is 22.7 Å². The summed E-state index contributed by atoms with van der Waals surface area (Å²) in [6.45, 7) is 3.78. The summed E-state index contributed by atoms with van der Waals surface area (Å²) in [7, 11) is 1.25. The van der Waals surface area contributed by atoms with Crippen LogP contribution in [0, 0.1) is 0 Å². The minimum absolute atomic E-state index is 0.0735. The molecule has 0 unspecified atom stereocenters. The van der Waals surface area contributed by atoms with Crippen LogP contribution in [0.4, 0.5) is 17.1 Å². The van der Waals surface area contributed by atoms with Crippen LogP contribution in [-0.2, 0) is 14.3 Å². The summed E-state index contributed by atoms with van der Waals surface area (Å²) in [5, 5.41) is 5.39. The van der Waals surface area contributed by atoms with E-state index >= 15 is 0 Å². The smallest absolute Gasteiger partial charge is 0.337 e. The first-order chi connectivity index (χ1) is 18.2. The normalized spacial score (nSPS) is 13.1. The molecule has 9 nitrogen and oxygen atoms in total. The molecule has 38 heavy (non-hydrogen) atoms. The van der Waals surface area contributed by atoms with Crippen LogP contribution >= 0.6 is 11.6 Å². The summed E-state index contributed by atoms with van der Waals surface area (Å²) in [5.41, 5.74) is 1.56. The highest BCUT2D eigenvalue weighted by Gasteiger charge is 2.39. The maximum absolute atomic E-state index is 13.1. The monoisotopic (exact) mass is 533 g/mol. The summed E-state index contributed by atoms with van der Waals surface area (Å²) >= 11 is 6.23. The Morgan fingerprint density at radius 1 is 0.895 bits per heavy atom. The number of amides is 3. The van der Waals surface area contributed by atoms with Gasteiger partial charge in [-0.3, -0.25) is 14.4 Å². The molecular formula is C28H24ClN3O6. The molecule has 0 fully saturated rings. The van der Waals surface area contributed by atoms with Gasteiger partial charge >= 0.3 is 5.97 Å². The molecule has 0 radical (unpaired) electrons. The molecule has 0 aliphatic carbocycles. The number of nitrogens with zero attached hydrogens (tertiary/aromatic N) is 1. The van der Waals surface area contributed by atoms with E-state index < -0.39 is 23.7 Å². The number of imide groups is 1. The van der Waals surface area contributed by atoms with Crippen molar-refractivity contribution in [2.45, 2.75) is 20.0 Å². The van der Waals surface area contributed by atoms with E-state index in [1.165, 1.54) is 37.4 Å². The van der Waals surface area contributed by atoms with E-state index in [0.717, 1.165) is 4.90 Å². The van der Waals surface area contributed by atoms with E-state index in [1.54, 1.807) is 36.4 Å². The first-order valence-electron chi connectivity index (χ1n) is 11.6. The van der Waals surface area contributed by atoms with Gasteiger partial charge in [0, 0.05) is 11.3 Å². The number of hydrogen-bond donors (Lipinski definition) is 2. The molecule has 194 valence electrons. The number of methoxy groups -OCH3 is 1. The van der Waals surface area contributed by atoms with Crippen LogP contribution in [0.25, 0.3) is 0 Å². The highest BCUT2D eigenvalue weighted by Crippen LogP contribution is 2.31. The number of carbonyl (C=O) groups is 4. The molecule has 0 saturated heterocycles. The summed E-state index contributed by atoms with van der Waals surface area (Å²) in [5.74, 6) is -1.80. The van der Waals surface area contributed by atoms with Crippen molar-refractivity contribution in [3.8, 4) is 5.75 Å². The maximum atomic E-state index is 13.1. The number of anilines is 3. The highest BCUT2D eigenvalue weighted by molar-refractivity contribution is 6.53. The third-order valence-corrected chi connectivity index (χ3v) is 5.82. The summed E-state index contributed by atoms with van der Waals surface area (Å²) < 4.78 is 10.4. The first-order valence-corrected chi connectivity index (χ1v) is 12.0. The molecule has 0 aromatic heterocycles. The fourth-order valence-corrected chi connectivity index (χ4v) is 3.93. The number of hydrogen-bond acceptors (Lipinski definition) is 7. The van der Waals surface area contributed by atoms with Crippen LogP contribution in [0.15, 0.2) is 83.5 Å². The molecule has 0 spiro atoms. The predicted molar refractivity (Wildman–Crippen MR) is 143 cm³/mol. The fourth-order valence-electron chi connectivity index (χ4n) is 3.71. The third-order valence-electron chi connectivity index (χ3n) is 5.47. The average molecular weight is 534 g/mol. The molecule has 3 aromatic rings. The van der Waals surface area contributed by atoms with Crippen LogP contribution < -0.4 is 20.3 Å². The van der Waals surface area contributed by atoms with Crippen molar-refractivity contribution in [3.63, 3.8) is 0 Å². The van der Waals surface area contributed by atoms with Crippen molar-refractivity contribution in [1.82, 2.24) is 0 Å². The van der Waals surface area contributed by atoms with Crippen LogP contribution in [0.5, 0.6) is 5.75 Å². The Bertz CT molecular complexity index is 1450. The molecule has 1 aliphatic heterocycles. The molecule has 4 rings (SSSR count). The fraction of sp³-hybridized carbons (Fsp3) is 0.143. The third kappa shape index (κ3) is 5.52. The van der Waals surface area contributed by atoms with E-state index in [-0.39, 0.29) is 28.1 Å². The number of benzene rings is 3. The topological polar surface area (TPSA) is 114 Å². The Hall–Kier alpha value is -4.63. The highest BCUT2D eigenvalue weighted by atomic mass is 35.5. The van der Waals surface area contributed by atoms with E-state index in [2.05, 4.69) is 15.4 Å². The van der Waals surface area contributed by atoms with Gasteiger partial charge in [0.05, 0.1) is 30.2 Å².